The molecule has 0 fully saturated rings. The number of nitrogens with zero attached hydrogens (tertiary/aromatic N) is 2. The number of aryl methyl sites for hydroxylation is 2. The Bertz CT molecular complexity index is 498. The van der Waals surface area contributed by atoms with Gasteiger partial charge in [-0.2, -0.15) is 9.98 Å². The second-order valence-electron chi connectivity index (χ2n) is 3.08. The van der Waals surface area contributed by atoms with Gasteiger partial charge in [-0.3, -0.25) is 0 Å². The van der Waals surface area contributed by atoms with E-state index in [-0.39, 0.29) is 4.21 Å². The molecule has 15 heavy (non-hydrogen) atoms. The first-order chi connectivity index (χ1) is 6.86. The quantitative estimate of drug-likeness (QED) is 0.859. The van der Waals surface area contributed by atoms with Crippen molar-refractivity contribution in [3.05, 3.63) is 10.7 Å². The zero-order valence-corrected chi connectivity index (χ0v) is 10.2. The van der Waals surface area contributed by atoms with E-state index < -0.39 is 16.1 Å². The van der Waals surface area contributed by atoms with Gasteiger partial charge < -0.3 is 0 Å². The van der Waals surface area contributed by atoms with E-state index in [1.54, 1.807) is 13.8 Å². The zero-order chi connectivity index (χ0) is 11.6. The molecule has 7 heteroatoms. The predicted octanol–water partition coefficient (Wildman–Crippen LogP) is 0.950. The van der Waals surface area contributed by atoms with Crippen molar-refractivity contribution >= 4 is 21.4 Å². The fourth-order valence-electron chi connectivity index (χ4n) is 1.07. The third-order valence-electron chi connectivity index (χ3n) is 1.63. The lowest BCUT2D eigenvalue weighted by atomic mass is 10.4. The molecule has 1 heterocycles. The number of nitriles is 1. The maximum Gasteiger partial charge on any atom is 0.253 e. The number of rotatable bonds is 3. The van der Waals surface area contributed by atoms with E-state index in [9.17, 15) is 8.42 Å². The Morgan fingerprint density at radius 2 is 2.13 bits per heavy atom. The van der Waals surface area contributed by atoms with E-state index in [1.807, 2.05) is 6.07 Å². The second-order valence-corrected chi connectivity index (χ2v) is 6.19. The number of hydrogen-bond acceptors (Lipinski definition) is 5. The van der Waals surface area contributed by atoms with E-state index >= 15 is 0 Å². The summed E-state index contributed by atoms with van der Waals surface area (Å²) in [6, 6.07) is 1.07. The smallest absolute Gasteiger partial charge is 0.245 e. The first-order valence-electron chi connectivity index (χ1n) is 4.23. The van der Waals surface area contributed by atoms with Crippen molar-refractivity contribution in [1.29, 1.82) is 5.26 Å². The van der Waals surface area contributed by atoms with Crippen LogP contribution in [0.1, 0.15) is 17.6 Å². The summed E-state index contributed by atoms with van der Waals surface area (Å²) in [6.45, 7) is 4.86. The van der Waals surface area contributed by atoms with Gasteiger partial charge in [-0.05, 0) is 20.8 Å². The number of sulfonamides is 1. The van der Waals surface area contributed by atoms with Crippen molar-refractivity contribution in [2.75, 3.05) is 0 Å². The van der Waals surface area contributed by atoms with Gasteiger partial charge in [-0.1, -0.05) is 0 Å². The first-order valence-corrected chi connectivity index (χ1v) is 6.53. The van der Waals surface area contributed by atoms with Crippen LogP contribution in [0.4, 0.5) is 0 Å². The Kier molecular flexibility index (Phi) is 3.44. The Hall–Kier alpha value is -0.970. The summed E-state index contributed by atoms with van der Waals surface area (Å²) in [5.74, 6) is 0. The first kappa shape index (κ1) is 12.1. The number of aromatic nitrogens is 1. The van der Waals surface area contributed by atoms with Gasteiger partial charge in [0.25, 0.3) is 10.0 Å². The predicted molar refractivity (Wildman–Crippen MR) is 57.0 cm³/mol. The molecule has 0 aliphatic heterocycles. The molecule has 1 N–H and O–H groups in total. The summed E-state index contributed by atoms with van der Waals surface area (Å²) in [5.41, 5.74) is 0.468. The maximum atomic E-state index is 11.7. The highest BCUT2D eigenvalue weighted by atomic mass is 32.2. The van der Waals surface area contributed by atoms with Gasteiger partial charge in [-0.25, -0.2) is 13.4 Å². The van der Waals surface area contributed by atoms with Crippen molar-refractivity contribution in [3.63, 3.8) is 0 Å². The Morgan fingerprint density at radius 3 is 2.53 bits per heavy atom. The molecule has 0 aliphatic rings. The molecule has 0 unspecified atom stereocenters. The lowest BCUT2D eigenvalue weighted by molar-refractivity contribution is 0.578. The molecule has 1 aromatic heterocycles. The molecule has 1 atom stereocenters. The molecule has 0 amide bonds. The van der Waals surface area contributed by atoms with Crippen LogP contribution in [0.15, 0.2) is 4.21 Å². The highest BCUT2D eigenvalue weighted by Gasteiger charge is 2.22. The molecule has 0 aliphatic carbocycles. The van der Waals surface area contributed by atoms with Crippen LogP contribution in [0.25, 0.3) is 0 Å². The molecule has 1 aromatic rings. The van der Waals surface area contributed by atoms with Gasteiger partial charge in [0.1, 0.15) is 6.04 Å². The summed E-state index contributed by atoms with van der Waals surface area (Å²) in [4.78, 5) is 4.03. The topological polar surface area (TPSA) is 82.8 Å². The van der Waals surface area contributed by atoms with Crippen molar-refractivity contribution in [2.45, 2.75) is 31.0 Å². The molecule has 0 aromatic carbocycles. The normalized spacial score (nSPS) is 13.5. The number of hydrogen-bond donors (Lipinski definition) is 1. The molecule has 82 valence electrons. The minimum atomic E-state index is -3.60. The van der Waals surface area contributed by atoms with Crippen LogP contribution in [-0.4, -0.2) is 19.4 Å². The SMILES string of the molecule is Cc1nc(C)c(S(=O)(=O)N[C@H](C)C#N)s1. The van der Waals surface area contributed by atoms with Crippen LogP contribution >= 0.6 is 11.3 Å². The largest absolute Gasteiger partial charge is 0.253 e. The summed E-state index contributed by atoms with van der Waals surface area (Å²) < 4.78 is 25.9. The lowest BCUT2D eigenvalue weighted by Crippen LogP contribution is -2.31. The summed E-state index contributed by atoms with van der Waals surface area (Å²) >= 11 is 1.10. The monoisotopic (exact) mass is 245 g/mol. The molecule has 0 radical (unpaired) electrons. The summed E-state index contributed by atoms with van der Waals surface area (Å²) in [6.07, 6.45) is 0. The molecular formula is C8H11N3O2S2. The Labute approximate surface area is 92.8 Å². The standard InChI is InChI=1S/C8H11N3O2S2/c1-5(4-9)11-15(12,13)8-6(2)10-7(3)14-8/h5,11H,1-3H3/t5-/m1/s1. The molecule has 0 spiro atoms. The van der Waals surface area contributed by atoms with Gasteiger partial charge in [-0.15, -0.1) is 11.3 Å². The van der Waals surface area contributed by atoms with Crippen LogP contribution in [0, 0.1) is 25.2 Å². The maximum absolute atomic E-state index is 11.7. The fraction of sp³-hybridized carbons (Fsp3) is 0.500. The molecule has 0 saturated heterocycles. The van der Waals surface area contributed by atoms with Crippen molar-refractivity contribution in [1.82, 2.24) is 9.71 Å². The average molecular weight is 245 g/mol. The van der Waals surface area contributed by atoms with Gasteiger partial charge >= 0.3 is 0 Å². The third-order valence-corrected chi connectivity index (χ3v) is 4.85. The van der Waals surface area contributed by atoms with Crippen LogP contribution in [0.2, 0.25) is 0 Å². The molecule has 5 nitrogen and oxygen atoms in total. The van der Waals surface area contributed by atoms with Gasteiger partial charge in [0, 0.05) is 0 Å². The molecular weight excluding hydrogens is 234 g/mol. The third kappa shape index (κ3) is 2.75. The van der Waals surface area contributed by atoms with Gasteiger partial charge in [0.15, 0.2) is 4.21 Å². The van der Waals surface area contributed by atoms with Crippen LogP contribution in [0.5, 0.6) is 0 Å². The Morgan fingerprint density at radius 1 is 1.53 bits per heavy atom. The molecule has 0 saturated carbocycles. The zero-order valence-electron chi connectivity index (χ0n) is 8.60. The lowest BCUT2D eigenvalue weighted by Gasteiger charge is -2.05. The summed E-state index contributed by atoms with van der Waals surface area (Å²) in [7, 11) is -3.60. The molecule has 1 rings (SSSR count). The highest BCUT2D eigenvalue weighted by molar-refractivity contribution is 7.91. The second kappa shape index (κ2) is 4.26. The van der Waals surface area contributed by atoms with Crippen molar-refractivity contribution in [2.24, 2.45) is 0 Å². The van der Waals surface area contributed by atoms with Gasteiger partial charge in [0.05, 0.1) is 16.8 Å². The highest BCUT2D eigenvalue weighted by Crippen LogP contribution is 2.22. The van der Waals surface area contributed by atoms with Crippen LogP contribution < -0.4 is 4.72 Å². The summed E-state index contributed by atoms with van der Waals surface area (Å²) in [5, 5.41) is 9.22. The van der Waals surface area contributed by atoms with E-state index in [1.165, 1.54) is 6.92 Å². The van der Waals surface area contributed by atoms with E-state index in [2.05, 4.69) is 9.71 Å². The fourth-order valence-corrected chi connectivity index (χ4v) is 3.72. The molecule has 0 bridgehead atoms. The van der Waals surface area contributed by atoms with E-state index in [0.717, 1.165) is 11.3 Å². The van der Waals surface area contributed by atoms with E-state index in [4.69, 9.17) is 5.26 Å². The van der Waals surface area contributed by atoms with Crippen molar-refractivity contribution in [3.8, 4) is 6.07 Å². The minimum absolute atomic E-state index is 0.182. The van der Waals surface area contributed by atoms with Crippen LogP contribution in [-0.2, 0) is 10.0 Å². The Balaban J connectivity index is 3.08. The van der Waals surface area contributed by atoms with E-state index in [0.29, 0.717) is 10.7 Å². The average Bonchev–Trinajstić information content (AvgIpc) is 2.45. The van der Waals surface area contributed by atoms with Crippen molar-refractivity contribution < 1.29 is 8.42 Å². The van der Waals surface area contributed by atoms with Crippen LogP contribution in [0.3, 0.4) is 0 Å². The number of nitrogens with one attached hydrogen (secondary N) is 1. The van der Waals surface area contributed by atoms with Gasteiger partial charge in [0.2, 0.25) is 0 Å². The number of thiazole rings is 1. The minimum Gasteiger partial charge on any atom is -0.245 e.